The fourth-order valence-electron chi connectivity index (χ4n) is 2.35. The average molecular weight is 273 g/mol. The van der Waals surface area contributed by atoms with Gasteiger partial charge in [0, 0.05) is 31.2 Å². The lowest BCUT2D eigenvalue weighted by atomic mass is 10.1. The lowest BCUT2D eigenvalue weighted by molar-refractivity contribution is 0.0681. The maximum Gasteiger partial charge on any atom is 0.372 e. The predicted octanol–water partition coefficient (Wildman–Crippen LogP) is 2.73. The van der Waals surface area contributed by atoms with Crippen LogP contribution in [0.4, 0.5) is 5.69 Å². The maximum absolute atomic E-state index is 11.1. The molecule has 0 radical (unpaired) electrons. The maximum atomic E-state index is 11.1. The third-order valence-corrected chi connectivity index (χ3v) is 3.40. The average Bonchev–Trinajstić information content (AvgIpc) is 2.89. The van der Waals surface area contributed by atoms with Gasteiger partial charge in [-0.25, -0.2) is 9.78 Å². The molecule has 0 amide bonds. The minimum absolute atomic E-state index is 0.0312. The van der Waals surface area contributed by atoms with E-state index in [4.69, 9.17) is 5.11 Å². The van der Waals surface area contributed by atoms with Crippen LogP contribution in [0.3, 0.4) is 0 Å². The van der Waals surface area contributed by atoms with Crippen molar-refractivity contribution in [2.45, 2.75) is 20.8 Å². The summed E-state index contributed by atoms with van der Waals surface area (Å²) in [6, 6.07) is 6.03. The van der Waals surface area contributed by atoms with Crippen LogP contribution < -0.4 is 4.90 Å². The fourth-order valence-corrected chi connectivity index (χ4v) is 2.35. The van der Waals surface area contributed by atoms with E-state index in [0.717, 1.165) is 30.0 Å². The van der Waals surface area contributed by atoms with E-state index >= 15 is 0 Å². The monoisotopic (exact) mass is 273 g/mol. The van der Waals surface area contributed by atoms with Crippen LogP contribution in [0.1, 0.15) is 30.0 Å². The second kappa shape index (κ2) is 5.77. The molecule has 0 atom stereocenters. The van der Waals surface area contributed by atoms with Gasteiger partial charge in [0.2, 0.25) is 5.82 Å². The molecule has 0 spiro atoms. The Morgan fingerprint density at radius 1 is 1.35 bits per heavy atom. The summed E-state index contributed by atoms with van der Waals surface area (Å²) in [7, 11) is 0. The van der Waals surface area contributed by atoms with E-state index in [-0.39, 0.29) is 5.82 Å². The van der Waals surface area contributed by atoms with Crippen molar-refractivity contribution < 1.29 is 9.90 Å². The molecule has 0 aliphatic heterocycles. The van der Waals surface area contributed by atoms with E-state index in [1.807, 2.05) is 19.1 Å². The zero-order valence-corrected chi connectivity index (χ0v) is 12.0. The van der Waals surface area contributed by atoms with Crippen LogP contribution in [0, 0.1) is 6.92 Å². The Hall–Kier alpha value is -2.30. The van der Waals surface area contributed by atoms with Crippen molar-refractivity contribution in [1.82, 2.24) is 9.55 Å². The number of aryl methyl sites for hydroxylation is 1. The van der Waals surface area contributed by atoms with E-state index in [9.17, 15) is 4.79 Å². The van der Waals surface area contributed by atoms with Crippen LogP contribution in [0.2, 0.25) is 0 Å². The number of aromatic nitrogens is 2. The highest BCUT2D eigenvalue weighted by atomic mass is 16.4. The summed E-state index contributed by atoms with van der Waals surface area (Å²) < 4.78 is 1.60. The molecule has 0 unspecified atom stereocenters. The highest BCUT2D eigenvalue weighted by Gasteiger charge is 2.14. The van der Waals surface area contributed by atoms with E-state index in [2.05, 4.69) is 29.8 Å². The molecule has 1 aromatic carbocycles. The SMILES string of the molecule is CCN(CC)c1ccc(-n2ccnc2C(=O)O)c(C)c1. The van der Waals surface area contributed by atoms with Crippen molar-refractivity contribution in [2.75, 3.05) is 18.0 Å². The smallest absolute Gasteiger partial charge is 0.372 e. The molecule has 5 heteroatoms. The van der Waals surface area contributed by atoms with E-state index in [1.165, 1.54) is 6.20 Å². The third kappa shape index (κ3) is 2.52. The molecule has 20 heavy (non-hydrogen) atoms. The zero-order chi connectivity index (χ0) is 14.7. The van der Waals surface area contributed by atoms with Crippen molar-refractivity contribution in [3.63, 3.8) is 0 Å². The summed E-state index contributed by atoms with van der Waals surface area (Å²) in [6.07, 6.45) is 3.17. The topological polar surface area (TPSA) is 58.4 Å². The lowest BCUT2D eigenvalue weighted by Gasteiger charge is -2.22. The summed E-state index contributed by atoms with van der Waals surface area (Å²) in [5.41, 5.74) is 3.01. The normalized spacial score (nSPS) is 10.6. The van der Waals surface area contributed by atoms with Crippen molar-refractivity contribution in [1.29, 1.82) is 0 Å². The van der Waals surface area contributed by atoms with Crippen LogP contribution in [0.15, 0.2) is 30.6 Å². The number of aromatic carboxylic acids is 1. The standard InChI is InChI=1S/C15H19N3O2/c1-4-17(5-2)12-6-7-13(11(3)10-12)18-9-8-16-14(18)15(19)20/h6-10H,4-5H2,1-3H3,(H,19,20). The van der Waals surface area contributed by atoms with Gasteiger partial charge in [-0.2, -0.15) is 0 Å². The number of anilines is 1. The number of carboxylic acid groups (broad SMARTS) is 1. The molecule has 0 fully saturated rings. The first-order chi connectivity index (χ1) is 9.58. The van der Waals surface area contributed by atoms with Crippen LogP contribution >= 0.6 is 0 Å². The summed E-state index contributed by atoms with van der Waals surface area (Å²) in [6.45, 7) is 8.10. The number of nitrogens with zero attached hydrogens (tertiary/aromatic N) is 3. The number of hydrogen-bond acceptors (Lipinski definition) is 3. The first-order valence-electron chi connectivity index (χ1n) is 6.71. The summed E-state index contributed by atoms with van der Waals surface area (Å²) in [5.74, 6) is -0.995. The molecule has 106 valence electrons. The number of rotatable bonds is 5. The van der Waals surface area contributed by atoms with Crippen molar-refractivity contribution in [2.24, 2.45) is 0 Å². The molecule has 0 aliphatic rings. The van der Waals surface area contributed by atoms with E-state index < -0.39 is 5.97 Å². The number of imidazole rings is 1. The van der Waals surface area contributed by atoms with Gasteiger partial charge in [-0.3, -0.25) is 4.57 Å². The summed E-state index contributed by atoms with van der Waals surface area (Å²) >= 11 is 0. The molecule has 2 rings (SSSR count). The van der Waals surface area contributed by atoms with Gasteiger partial charge in [0.1, 0.15) is 0 Å². The molecule has 5 nitrogen and oxygen atoms in total. The van der Waals surface area contributed by atoms with Crippen molar-refractivity contribution in [3.8, 4) is 5.69 Å². The highest BCUT2D eigenvalue weighted by Crippen LogP contribution is 2.22. The number of benzene rings is 1. The van der Waals surface area contributed by atoms with Gasteiger partial charge in [0.25, 0.3) is 0 Å². The molecular weight excluding hydrogens is 254 g/mol. The number of carboxylic acids is 1. The van der Waals surface area contributed by atoms with Crippen molar-refractivity contribution in [3.05, 3.63) is 42.0 Å². The Balaban J connectivity index is 2.44. The second-order valence-electron chi connectivity index (χ2n) is 4.57. The molecule has 2 aromatic rings. The van der Waals surface area contributed by atoms with Gasteiger partial charge in [0.05, 0.1) is 5.69 Å². The summed E-state index contributed by atoms with van der Waals surface area (Å²) in [5, 5.41) is 9.13. The Labute approximate surface area is 118 Å². The Morgan fingerprint density at radius 3 is 2.60 bits per heavy atom. The molecule has 1 N–H and O–H groups in total. The molecule has 1 heterocycles. The third-order valence-electron chi connectivity index (χ3n) is 3.40. The molecule has 1 aromatic heterocycles. The summed E-state index contributed by atoms with van der Waals surface area (Å²) in [4.78, 5) is 17.3. The van der Waals surface area contributed by atoms with Gasteiger partial charge in [-0.15, -0.1) is 0 Å². The molecule has 0 saturated heterocycles. The van der Waals surface area contributed by atoms with Crippen LogP contribution in [-0.2, 0) is 0 Å². The quantitative estimate of drug-likeness (QED) is 0.910. The zero-order valence-electron chi connectivity index (χ0n) is 12.0. The number of carbonyl (C=O) groups is 1. The minimum Gasteiger partial charge on any atom is -0.475 e. The fraction of sp³-hybridized carbons (Fsp3) is 0.333. The highest BCUT2D eigenvalue weighted by molar-refractivity contribution is 5.84. The lowest BCUT2D eigenvalue weighted by Crippen LogP contribution is -2.22. The van der Waals surface area contributed by atoms with Crippen molar-refractivity contribution >= 4 is 11.7 Å². The Kier molecular flexibility index (Phi) is 4.08. The van der Waals surface area contributed by atoms with Gasteiger partial charge >= 0.3 is 5.97 Å². The molecule has 0 saturated carbocycles. The minimum atomic E-state index is -1.03. The van der Waals surface area contributed by atoms with Crippen LogP contribution in [0.5, 0.6) is 0 Å². The molecule has 0 bridgehead atoms. The first-order valence-corrected chi connectivity index (χ1v) is 6.71. The first kappa shape index (κ1) is 14.1. The van der Waals surface area contributed by atoms with Gasteiger partial charge in [-0.1, -0.05) is 0 Å². The second-order valence-corrected chi connectivity index (χ2v) is 4.57. The van der Waals surface area contributed by atoms with E-state index in [0.29, 0.717) is 0 Å². The largest absolute Gasteiger partial charge is 0.475 e. The van der Waals surface area contributed by atoms with E-state index in [1.54, 1.807) is 10.8 Å². The van der Waals surface area contributed by atoms with Gasteiger partial charge in [-0.05, 0) is 44.5 Å². The predicted molar refractivity (Wildman–Crippen MR) is 78.8 cm³/mol. The number of hydrogen-bond donors (Lipinski definition) is 1. The Morgan fingerprint density at radius 2 is 2.05 bits per heavy atom. The molecular formula is C15H19N3O2. The van der Waals surface area contributed by atoms with Gasteiger partial charge < -0.3 is 10.0 Å². The van der Waals surface area contributed by atoms with Gasteiger partial charge in [0.15, 0.2) is 0 Å². The molecule has 0 aliphatic carbocycles. The Bertz CT molecular complexity index is 615. The van der Waals surface area contributed by atoms with Crippen LogP contribution in [0.25, 0.3) is 5.69 Å². The van der Waals surface area contributed by atoms with Crippen LogP contribution in [-0.4, -0.2) is 33.7 Å².